The van der Waals surface area contributed by atoms with Gasteiger partial charge in [0.25, 0.3) is 11.6 Å². The second kappa shape index (κ2) is 5.68. The molecular formula is C16H22N4O2. The lowest BCUT2D eigenvalue weighted by Gasteiger charge is -2.31. The third-order valence-corrected chi connectivity index (χ3v) is 4.20. The van der Waals surface area contributed by atoms with Gasteiger partial charge in [-0.15, -0.1) is 0 Å². The summed E-state index contributed by atoms with van der Waals surface area (Å²) in [5.74, 6) is 0.209. The summed E-state index contributed by atoms with van der Waals surface area (Å²) in [6.45, 7) is 7.27. The van der Waals surface area contributed by atoms with Gasteiger partial charge in [0.1, 0.15) is 0 Å². The zero-order valence-corrected chi connectivity index (χ0v) is 13.3. The van der Waals surface area contributed by atoms with Crippen LogP contribution < -0.4 is 5.73 Å². The molecule has 0 aliphatic carbocycles. The van der Waals surface area contributed by atoms with Crippen LogP contribution in [0, 0.1) is 6.92 Å². The molecule has 1 atom stereocenters. The van der Waals surface area contributed by atoms with Gasteiger partial charge in [-0.3, -0.25) is 4.79 Å². The summed E-state index contributed by atoms with van der Waals surface area (Å²) in [7, 11) is 0. The number of carbonyl (C=O) groups is 1. The molecule has 0 bridgehead atoms. The van der Waals surface area contributed by atoms with E-state index in [9.17, 15) is 4.79 Å². The molecule has 3 heterocycles. The fourth-order valence-electron chi connectivity index (χ4n) is 2.94. The molecule has 2 N–H and O–H groups in total. The van der Waals surface area contributed by atoms with Crippen LogP contribution in [-0.2, 0) is 0 Å². The largest absolute Gasteiger partial charge is 0.337 e. The van der Waals surface area contributed by atoms with Gasteiger partial charge >= 0.3 is 0 Å². The van der Waals surface area contributed by atoms with Crippen LogP contribution in [-0.4, -0.2) is 40.1 Å². The molecular weight excluding hydrogens is 280 g/mol. The average Bonchev–Trinajstić information content (AvgIpc) is 2.87. The van der Waals surface area contributed by atoms with Crippen molar-refractivity contribution in [3.8, 4) is 0 Å². The first-order valence-electron chi connectivity index (χ1n) is 7.79. The van der Waals surface area contributed by atoms with Crippen LogP contribution in [0.3, 0.4) is 0 Å². The maximum Gasteiger partial charge on any atom is 0.259 e. The monoisotopic (exact) mass is 302 g/mol. The minimum absolute atomic E-state index is 0.00394. The van der Waals surface area contributed by atoms with Crippen LogP contribution in [0.5, 0.6) is 0 Å². The smallest absolute Gasteiger partial charge is 0.259 e. The van der Waals surface area contributed by atoms with E-state index >= 15 is 0 Å². The Morgan fingerprint density at radius 2 is 2.27 bits per heavy atom. The summed E-state index contributed by atoms with van der Waals surface area (Å²) >= 11 is 0. The number of piperidine rings is 1. The highest BCUT2D eigenvalue weighted by Gasteiger charge is 2.26. The molecule has 3 rings (SSSR count). The Hall–Kier alpha value is -1.95. The maximum absolute atomic E-state index is 13.0. The van der Waals surface area contributed by atoms with E-state index in [2.05, 4.69) is 10.1 Å². The van der Waals surface area contributed by atoms with Gasteiger partial charge in [0, 0.05) is 24.8 Å². The molecule has 2 aromatic heterocycles. The van der Waals surface area contributed by atoms with Gasteiger partial charge in [-0.2, -0.15) is 0 Å². The molecule has 1 saturated heterocycles. The number of amides is 1. The number of carbonyl (C=O) groups excluding carboxylic acids is 1. The summed E-state index contributed by atoms with van der Waals surface area (Å²) in [5, 5.41) is 4.68. The Bertz CT molecular complexity index is 707. The zero-order chi connectivity index (χ0) is 15.9. The number of rotatable bonds is 2. The molecule has 1 fully saturated rings. The number of likely N-dealkylation sites (tertiary alicyclic amines) is 1. The van der Waals surface area contributed by atoms with Gasteiger partial charge in [0.2, 0.25) is 0 Å². The molecule has 6 nitrogen and oxygen atoms in total. The molecule has 118 valence electrons. The molecule has 2 aromatic rings. The van der Waals surface area contributed by atoms with Crippen LogP contribution in [0.15, 0.2) is 10.6 Å². The second-order valence-electron chi connectivity index (χ2n) is 6.35. The van der Waals surface area contributed by atoms with Crippen LogP contribution in [0.4, 0.5) is 0 Å². The first-order valence-corrected chi connectivity index (χ1v) is 7.79. The number of hydrogen-bond donors (Lipinski definition) is 1. The summed E-state index contributed by atoms with van der Waals surface area (Å²) in [6.07, 6.45) is 1.92. The van der Waals surface area contributed by atoms with E-state index in [1.165, 1.54) is 0 Å². The number of nitrogens with zero attached hydrogens (tertiary/aromatic N) is 3. The molecule has 1 aliphatic heterocycles. The highest BCUT2D eigenvalue weighted by molar-refractivity contribution is 6.06. The standard InChI is InChI=1S/C16H22N4O2/c1-9(2)13-7-12(14-10(3)19-22-15(14)18-13)16(21)20-6-4-5-11(17)8-20/h7,9,11H,4-6,8,17H2,1-3H3. The second-order valence-corrected chi connectivity index (χ2v) is 6.35. The number of aromatic nitrogens is 2. The van der Waals surface area contributed by atoms with Crippen molar-refractivity contribution in [3.05, 3.63) is 23.0 Å². The van der Waals surface area contributed by atoms with E-state index in [0.29, 0.717) is 28.9 Å². The van der Waals surface area contributed by atoms with Gasteiger partial charge < -0.3 is 15.2 Å². The molecule has 6 heteroatoms. The Morgan fingerprint density at radius 3 is 2.95 bits per heavy atom. The molecule has 1 amide bonds. The Morgan fingerprint density at radius 1 is 1.50 bits per heavy atom. The van der Waals surface area contributed by atoms with E-state index < -0.39 is 0 Å². The molecule has 0 aromatic carbocycles. The normalized spacial score (nSPS) is 19.1. The van der Waals surface area contributed by atoms with Crippen molar-refractivity contribution >= 4 is 17.0 Å². The summed E-state index contributed by atoms with van der Waals surface area (Å²) in [4.78, 5) is 19.3. The van der Waals surface area contributed by atoms with E-state index in [0.717, 1.165) is 25.1 Å². The quantitative estimate of drug-likeness (QED) is 0.919. The SMILES string of the molecule is Cc1noc2nc(C(C)C)cc(C(=O)N3CCCC(N)C3)c12. The van der Waals surface area contributed by atoms with Crippen LogP contribution in [0.25, 0.3) is 11.1 Å². The van der Waals surface area contributed by atoms with Crippen molar-refractivity contribution < 1.29 is 9.32 Å². The summed E-state index contributed by atoms with van der Waals surface area (Å²) in [5.41, 5.74) is 8.61. The van der Waals surface area contributed by atoms with Gasteiger partial charge in [-0.1, -0.05) is 19.0 Å². The number of hydrogen-bond acceptors (Lipinski definition) is 5. The Kier molecular flexibility index (Phi) is 3.87. The van der Waals surface area contributed by atoms with E-state index in [1.807, 2.05) is 31.7 Å². The predicted octanol–water partition coefficient (Wildman–Crippen LogP) is 2.22. The molecule has 22 heavy (non-hydrogen) atoms. The number of fused-ring (bicyclic) bond motifs is 1. The first kappa shape index (κ1) is 15.0. The minimum Gasteiger partial charge on any atom is -0.337 e. The number of pyridine rings is 1. The average molecular weight is 302 g/mol. The fourth-order valence-corrected chi connectivity index (χ4v) is 2.94. The lowest BCUT2D eigenvalue weighted by Crippen LogP contribution is -2.45. The van der Waals surface area contributed by atoms with E-state index in [1.54, 1.807) is 0 Å². The van der Waals surface area contributed by atoms with E-state index in [4.69, 9.17) is 10.3 Å². The van der Waals surface area contributed by atoms with Gasteiger partial charge in [0.05, 0.1) is 16.6 Å². The fraction of sp³-hybridized carbons (Fsp3) is 0.562. The van der Waals surface area contributed by atoms with Gasteiger partial charge in [0.15, 0.2) is 0 Å². The third-order valence-electron chi connectivity index (χ3n) is 4.20. The molecule has 0 saturated carbocycles. The molecule has 1 aliphatic rings. The van der Waals surface area contributed by atoms with Crippen molar-refractivity contribution in [1.82, 2.24) is 15.0 Å². The predicted molar refractivity (Wildman–Crippen MR) is 83.7 cm³/mol. The highest BCUT2D eigenvalue weighted by atomic mass is 16.5. The molecule has 0 radical (unpaired) electrons. The van der Waals surface area contributed by atoms with Crippen molar-refractivity contribution in [1.29, 1.82) is 0 Å². The Labute approximate surface area is 129 Å². The molecule has 1 unspecified atom stereocenters. The Balaban J connectivity index is 2.07. The highest BCUT2D eigenvalue weighted by Crippen LogP contribution is 2.26. The summed E-state index contributed by atoms with van der Waals surface area (Å²) < 4.78 is 5.28. The number of nitrogens with two attached hydrogens (primary N) is 1. The van der Waals surface area contributed by atoms with Gasteiger partial charge in [-0.05, 0) is 31.7 Å². The van der Waals surface area contributed by atoms with E-state index in [-0.39, 0.29) is 17.9 Å². The number of aryl methyl sites for hydroxylation is 1. The van der Waals surface area contributed by atoms with Crippen molar-refractivity contribution in [2.24, 2.45) is 5.73 Å². The lowest BCUT2D eigenvalue weighted by molar-refractivity contribution is 0.0710. The molecule has 0 spiro atoms. The van der Waals surface area contributed by atoms with Crippen molar-refractivity contribution in [2.45, 2.75) is 45.6 Å². The minimum atomic E-state index is -0.00394. The topological polar surface area (TPSA) is 85.2 Å². The first-order chi connectivity index (χ1) is 10.5. The van der Waals surface area contributed by atoms with Crippen molar-refractivity contribution in [2.75, 3.05) is 13.1 Å². The van der Waals surface area contributed by atoms with Gasteiger partial charge in [-0.25, -0.2) is 4.98 Å². The third kappa shape index (κ3) is 2.59. The lowest BCUT2D eigenvalue weighted by atomic mass is 10.0. The summed E-state index contributed by atoms with van der Waals surface area (Å²) in [6, 6.07) is 1.93. The zero-order valence-electron chi connectivity index (χ0n) is 13.3. The van der Waals surface area contributed by atoms with Crippen LogP contribution in [0.1, 0.15) is 54.4 Å². The van der Waals surface area contributed by atoms with Crippen molar-refractivity contribution in [3.63, 3.8) is 0 Å². The maximum atomic E-state index is 13.0. The van der Waals surface area contributed by atoms with Crippen LogP contribution >= 0.6 is 0 Å². The van der Waals surface area contributed by atoms with Crippen LogP contribution in [0.2, 0.25) is 0 Å².